The Hall–Kier alpha value is -1.66. The van der Waals surface area contributed by atoms with Gasteiger partial charge in [-0.15, -0.1) is 0 Å². The minimum Gasteiger partial charge on any atom is -0.496 e. The molecule has 0 radical (unpaired) electrons. The molecule has 104 valence electrons. The number of hydrogen-bond acceptors (Lipinski definition) is 4. The lowest BCUT2D eigenvalue weighted by molar-refractivity contribution is 0.102. The maximum Gasteiger partial charge on any atom is 0.258 e. The molecular formula is C13H11BrClN3O2. The van der Waals surface area contributed by atoms with E-state index in [9.17, 15) is 4.79 Å². The van der Waals surface area contributed by atoms with Crippen molar-refractivity contribution in [2.24, 2.45) is 0 Å². The summed E-state index contributed by atoms with van der Waals surface area (Å²) in [7, 11) is 1.56. The van der Waals surface area contributed by atoms with Crippen LogP contribution in [0.25, 0.3) is 0 Å². The quantitative estimate of drug-likeness (QED) is 0.855. The zero-order chi connectivity index (χ0) is 14.7. The number of anilines is 1. The summed E-state index contributed by atoms with van der Waals surface area (Å²) in [5, 5.41) is 2.88. The van der Waals surface area contributed by atoms with Crippen molar-refractivity contribution in [1.29, 1.82) is 0 Å². The zero-order valence-corrected chi connectivity index (χ0v) is 13.1. The van der Waals surface area contributed by atoms with Gasteiger partial charge in [0, 0.05) is 11.3 Å². The first-order chi connectivity index (χ1) is 9.49. The first-order valence-electron chi connectivity index (χ1n) is 5.65. The van der Waals surface area contributed by atoms with E-state index in [1.807, 2.05) is 0 Å². The van der Waals surface area contributed by atoms with Gasteiger partial charge in [-0.25, -0.2) is 9.97 Å². The van der Waals surface area contributed by atoms with Crippen LogP contribution in [0.2, 0.25) is 5.15 Å². The molecule has 1 aromatic carbocycles. The highest BCUT2D eigenvalue weighted by molar-refractivity contribution is 9.10. The van der Waals surface area contributed by atoms with Gasteiger partial charge in [0.2, 0.25) is 5.95 Å². The van der Waals surface area contributed by atoms with Crippen molar-refractivity contribution in [2.45, 2.75) is 6.92 Å². The molecule has 5 nitrogen and oxygen atoms in total. The van der Waals surface area contributed by atoms with Gasteiger partial charge in [0.1, 0.15) is 10.9 Å². The molecule has 2 rings (SSSR count). The molecule has 7 heteroatoms. The summed E-state index contributed by atoms with van der Waals surface area (Å²) in [5.74, 6) is 0.498. The van der Waals surface area contributed by atoms with Crippen molar-refractivity contribution >= 4 is 39.4 Å². The molecule has 0 aliphatic rings. The van der Waals surface area contributed by atoms with Crippen molar-refractivity contribution in [3.05, 3.63) is 45.1 Å². The molecule has 1 N–H and O–H groups in total. The molecule has 0 atom stereocenters. The Morgan fingerprint density at radius 3 is 2.70 bits per heavy atom. The third-order valence-electron chi connectivity index (χ3n) is 2.46. The average molecular weight is 357 g/mol. The van der Waals surface area contributed by atoms with E-state index in [0.29, 0.717) is 21.5 Å². The van der Waals surface area contributed by atoms with Gasteiger partial charge in [0.05, 0.1) is 11.6 Å². The number of hydrogen-bond donors (Lipinski definition) is 1. The van der Waals surface area contributed by atoms with Gasteiger partial charge in [-0.2, -0.15) is 0 Å². The predicted molar refractivity (Wildman–Crippen MR) is 80.4 cm³/mol. The number of nitrogens with one attached hydrogen (secondary N) is 1. The molecule has 0 saturated heterocycles. The fourth-order valence-electron chi connectivity index (χ4n) is 1.57. The van der Waals surface area contributed by atoms with E-state index in [1.54, 1.807) is 38.3 Å². The monoisotopic (exact) mass is 355 g/mol. The van der Waals surface area contributed by atoms with Crippen LogP contribution in [-0.2, 0) is 0 Å². The van der Waals surface area contributed by atoms with Crippen LogP contribution in [-0.4, -0.2) is 23.0 Å². The summed E-state index contributed by atoms with van der Waals surface area (Å²) < 4.78 is 5.80. The molecular weight excluding hydrogens is 346 g/mol. The molecule has 0 bridgehead atoms. The van der Waals surface area contributed by atoms with E-state index in [4.69, 9.17) is 16.3 Å². The van der Waals surface area contributed by atoms with E-state index in [-0.39, 0.29) is 17.0 Å². The number of benzene rings is 1. The maximum atomic E-state index is 12.1. The fraction of sp³-hybridized carbons (Fsp3) is 0.154. The van der Waals surface area contributed by atoms with Crippen molar-refractivity contribution in [2.75, 3.05) is 12.4 Å². The van der Waals surface area contributed by atoms with Gasteiger partial charge in [0.15, 0.2) is 0 Å². The number of halogens is 2. The van der Waals surface area contributed by atoms with Gasteiger partial charge in [-0.1, -0.05) is 11.6 Å². The molecule has 0 aliphatic carbocycles. The maximum absolute atomic E-state index is 12.1. The van der Waals surface area contributed by atoms with E-state index < -0.39 is 0 Å². The molecule has 2 aromatic rings. The lowest BCUT2D eigenvalue weighted by atomic mass is 10.2. The molecule has 0 saturated carbocycles. The first kappa shape index (κ1) is 14.7. The van der Waals surface area contributed by atoms with Crippen LogP contribution in [0.5, 0.6) is 5.75 Å². The third-order valence-corrected chi connectivity index (χ3v) is 3.28. The van der Waals surface area contributed by atoms with Crippen molar-refractivity contribution in [1.82, 2.24) is 9.97 Å². The molecule has 1 aromatic heterocycles. The van der Waals surface area contributed by atoms with E-state index in [2.05, 4.69) is 31.2 Å². The van der Waals surface area contributed by atoms with Crippen LogP contribution < -0.4 is 10.1 Å². The van der Waals surface area contributed by atoms with Crippen LogP contribution in [0.4, 0.5) is 5.95 Å². The highest BCUT2D eigenvalue weighted by atomic mass is 79.9. The third kappa shape index (κ3) is 3.46. The van der Waals surface area contributed by atoms with Gasteiger partial charge >= 0.3 is 0 Å². The van der Waals surface area contributed by atoms with Gasteiger partial charge in [-0.3, -0.25) is 10.1 Å². The van der Waals surface area contributed by atoms with Crippen LogP contribution >= 0.6 is 27.5 Å². The number of ether oxygens (including phenoxy) is 1. The Morgan fingerprint density at radius 2 is 2.10 bits per heavy atom. The van der Waals surface area contributed by atoms with E-state index in [0.717, 1.165) is 0 Å². The van der Waals surface area contributed by atoms with Gasteiger partial charge in [0.25, 0.3) is 5.91 Å². The minimum atomic E-state index is -0.324. The second-order valence-corrected chi connectivity index (χ2v) is 5.20. The standard InChI is InChI=1S/C13H11BrClN3O2/c1-7-5-11(15)17-13(16-7)18-12(19)8-3-4-10(20-2)9(14)6-8/h3-6H,1-2H3,(H,16,17,18,19). The molecule has 1 heterocycles. The molecule has 0 fully saturated rings. The summed E-state index contributed by atoms with van der Waals surface area (Å²) in [6.45, 7) is 1.77. The molecule has 0 spiro atoms. The number of methoxy groups -OCH3 is 1. The number of aromatic nitrogens is 2. The van der Waals surface area contributed by atoms with Crippen molar-refractivity contribution in [3.8, 4) is 5.75 Å². The highest BCUT2D eigenvalue weighted by Crippen LogP contribution is 2.25. The smallest absolute Gasteiger partial charge is 0.258 e. The average Bonchev–Trinajstić information content (AvgIpc) is 2.37. The topological polar surface area (TPSA) is 64.1 Å². The Kier molecular flexibility index (Phi) is 4.57. The summed E-state index contributed by atoms with van der Waals surface area (Å²) in [5.41, 5.74) is 1.13. The summed E-state index contributed by atoms with van der Waals surface area (Å²) in [4.78, 5) is 20.1. The van der Waals surface area contributed by atoms with Gasteiger partial charge in [-0.05, 0) is 47.1 Å². The molecule has 0 aliphatic heterocycles. The predicted octanol–water partition coefficient (Wildman–Crippen LogP) is 3.46. The van der Waals surface area contributed by atoms with E-state index >= 15 is 0 Å². The highest BCUT2D eigenvalue weighted by Gasteiger charge is 2.11. The Morgan fingerprint density at radius 1 is 1.35 bits per heavy atom. The van der Waals surface area contributed by atoms with Crippen LogP contribution in [0.15, 0.2) is 28.7 Å². The molecule has 1 amide bonds. The first-order valence-corrected chi connectivity index (χ1v) is 6.83. The number of aryl methyl sites for hydroxylation is 1. The van der Waals surface area contributed by atoms with Crippen LogP contribution in [0, 0.1) is 6.92 Å². The Bertz CT molecular complexity index is 644. The SMILES string of the molecule is COc1ccc(C(=O)Nc2nc(C)cc(Cl)n2)cc1Br. The lowest BCUT2D eigenvalue weighted by Gasteiger charge is -2.07. The number of carbonyl (C=O) groups is 1. The summed E-state index contributed by atoms with van der Waals surface area (Å²) >= 11 is 9.14. The second-order valence-electron chi connectivity index (χ2n) is 3.96. The summed E-state index contributed by atoms with van der Waals surface area (Å²) in [6.07, 6.45) is 0. The van der Waals surface area contributed by atoms with Crippen LogP contribution in [0.1, 0.15) is 16.1 Å². The number of carbonyl (C=O) groups excluding carboxylic acids is 1. The normalized spacial score (nSPS) is 10.2. The van der Waals surface area contributed by atoms with E-state index in [1.165, 1.54) is 0 Å². The Balaban J connectivity index is 2.21. The largest absolute Gasteiger partial charge is 0.496 e. The number of rotatable bonds is 3. The molecule has 20 heavy (non-hydrogen) atoms. The Labute approximate surface area is 129 Å². The second kappa shape index (κ2) is 6.19. The van der Waals surface area contributed by atoms with Crippen molar-refractivity contribution < 1.29 is 9.53 Å². The fourth-order valence-corrected chi connectivity index (χ4v) is 2.35. The van der Waals surface area contributed by atoms with Crippen molar-refractivity contribution in [3.63, 3.8) is 0 Å². The minimum absolute atomic E-state index is 0.173. The lowest BCUT2D eigenvalue weighted by Crippen LogP contribution is -2.14. The van der Waals surface area contributed by atoms with Crippen LogP contribution in [0.3, 0.4) is 0 Å². The number of nitrogens with zero attached hydrogens (tertiary/aromatic N) is 2. The van der Waals surface area contributed by atoms with Gasteiger partial charge < -0.3 is 4.74 Å². The zero-order valence-electron chi connectivity index (χ0n) is 10.8. The molecule has 0 unspecified atom stereocenters. The summed E-state index contributed by atoms with van der Waals surface area (Å²) in [6, 6.07) is 6.62. The number of amides is 1.